The highest BCUT2D eigenvalue weighted by Crippen LogP contribution is 2.37. The highest BCUT2D eigenvalue weighted by Gasteiger charge is 2.31. The largest absolute Gasteiger partial charge is 0.358 e. The van der Waals surface area contributed by atoms with Crippen molar-refractivity contribution in [2.45, 2.75) is 50.7 Å². The van der Waals surface area contributed by atoms with E-state index in [4.69, 9.17) is 0 Å². The number of rotatable bonds is 4. The Morgan fingerprint density at radius 3 is 2.48 bits per heavy atom. The Morgan fingerprint density at radius 1 is 1.00 bits per heavy atom. The number of nitrogens with one attached hydrogen (secondary N) is 1. The molecule has 1 aromatic heterocycles. The van der Waals surface area contributed by atoms with E-state index in [1.165, 1.54) is 30.4 Å². The fourth-order valence-corrected chi connectivity index (χ4v) is 5.52. The Bertz CT molecular complexity index is 1150. The molecule has 6 heteroatoms. The van der Waals surface area contributed by atoms with Crippen LogP contribution in [-0.2, 0) is 17.8 Å². The van der Waals surface area contributed by atoms with Crippen LogP contribution in [0.25, 0.3) is 11.0 Å². The molecule has 2 heterocycles. The Labute approximate surface area is 182 Å². The molecule has 0 radical (unpaired) electrons. The molecule has 162 valence electrons. The minimum Gasteiger partial charge on any atom is -0.358 e. The van der Waals surface area contributed by atoms with Gasteiger partial charge >= 0.3 is 5.69 Å². The van der Waals surface area contributed by atoms with E-state index in [1.807, 2.05) is 28.8 Å². The average molecular weight is 419 g/mol. The zero-order valence-electron chi connectivity index (χ0n) is 18.1. The van der Waals surface area contributed by atoms with Crippen molar-refractivity contribution in [3.05, 3.63) is 70.1 Å². The van der Waals surface area contributed by atoms with Gasteiger partial charge < -0.3 is 5.32 Å². The first-order chi connectivity index (χ1) is 15.2. The summed E-state index contributed by atoms with van der Waals surface area (Å²) < 4.78 is 3.54. The molecule has 1 aliphatic carbocycles. The minimum absolute atomic E-state index is 0.0561. The second-order valence-corrected chi connectivity index (χ2v) is 8.77. The van der Waals surface area contributed by atoms with Crippen molar-refractivity contribution in [3.63, 3.8) is 0 Å². The SMILES string of the molecule is CNC(=O)Cn1c(=O)n(C2CCN([C@H]3CCCc4ccccc43)CC2)c2ccccc21. The molecule has 1 fully saturated rings. The standard InChI is InChI=1S/C25H30N4O2/c1-26-24(30)17-28-22-10-4-5-11-23(22)29(25(28)31)19-13-15-27(16-14-19)21-12-6-8-18-7-2-3-9-20(18)21/h2-5,7,9-11,19,21H,6,8,12-17H2,1H3,(H,26,30)/t21-/m0/s1. The fraction of sp³-hybridized carbons (Fsp3) is 0.440. The number of carbonyl (C=O) groups is 1. The summed E-state index contributed by atoms with van der Waals surface area (Å²) >= 11 is 0. The summed E-state index contributed by atoms with van der Waals surface area (Å²) in [5, 5.41) is 2.63. The van der Waals surface area contributed by atoms with Crippen LogP contribution in [0.3, 0.4) is 0 Å². The predicted octanol–water partition coefficient (Wildman–Crippen LogP) is 3.26. The zero-order chi connectivity index (χ0) is 21.4. The molecule has 1 saturated heterocycles. The summed E-state index contributed by atoms with van der Waals surface area (Å²) in [5.74, 6) is -0.157. The molecule has 1 N–H and O–H groups in total. The quantitative estimate of drug-likeness (QED) is 0.708. The summed E-state index contributed by atoms with van der Waals surface area (Å²) in [4.78, 5) is 27.9. The summed E-state index contributed by atoms with van der Waals surface area (Å²) in [6.45, 7) is 2.04. The maximum Gasteiger partial charge on any atom is 0.329 e. The van der Waals surface area contributed by atoms with E-state index in [0.29, 0.717) is 6.04 Å². The second kappa shape index (κ2) is 8.35. The monoisotopic (exact) mass is 418 g/mol. The lowest BCUT2D eigenvalue weighted by Gasteiger charge is -2.40. The number of aromatic nitrogens is 2. The molecule has 6 nitrogen and oxygen atoms in total. The Balaban J connectivity index is 1.40. The molecule has 31 heavy (non-hydrogen) atoms. The van der Waals surface area contributed by atoms with Crippen molar-refractivity contribution in [1.82, 2.24) is 19.4 Å². The molecular weight excluding hydrogens is 388 g/mol. The van der Waals surface area contributed by atoms with Gasteiger partial charge in [-0.3, -0.25) is 18.8 Å². The number of hydrogen-bond donors (Lipinski definition) is 1. The van der Waals surface area contributed by atoms with E-state index in [-0.39, 0.29) is 24.2 Å². The van der Waals surface area contributed by atoms with Gasteiger partial charge in [0.1, 0.15) is 6.54 Å². The number of carbonyl (C=O) groups excluding carboxylic acids is 1. The average Bonchev–Trinajstić information content (AvgIpc) is 3.10. The van der Waals surface area contributed by atoms with Crippen LogP contribution in [0.15, 0.2) is 53.3 Å². The van der Waals surface area contributed by atoms with Gasteiger partial charge in [0.15, 0.2) is 0 Å². The topological polar surface area (TPSA) is 59.3 Å². The molecule has 0 unspecified atom stereocenters. The van der Waals surface area contributed by atoms with Gasteiger partial charge in [-0.15, -0.1) is 0 Å². The minimum atomic E-state index is -0.157. The molecule has 0 saturated carbocycles. The number of aryl methyl sites for hydroxylation is 1. The van der Waals surface area contributed by atoms with Gasteiger partial charge in [0.05, 0.1) is 11.0 Å². The van der Waals surface area contributed by atoms with Crippen molar-refractivity contribution >= 4 is 16.9 Å². The molecule has 1 aliphatic heterocycles. The lowest BCUT2D eigenvalue weighted by Crippen LogP contribution is -2.41. The van der Waals surface area contributed by atoms with Crippen LogP contribution in [0.5, 0.6) is 0 Å². The molecule has 0 bridgehead atoms. The lowest BCUT2D eigenvalue weighted by atomic mass is 9.86. The maximum atomic E-state index is 13.3. The number of fused-ring (bicyclic) bond motifs is 2. The van der Waals surface area contributed by atoms with Crippen molar-refractivity contribution in [3.8, 4) is 0 Å². The van der Waals surface area contributed by atoms with Gasteiger partial charge in [-0.2, -0.15) is 0 Å². The van der Waals surface area contributed by atoms with Crippen molar-refractivity contribution in [2.75, 3.05) is 20.1 Å². The number of piperidine rings is 1. The van der Waals surface area contributed by atoms with E-state index >= 15 is 0 Å². The molecule has 2 aromatic carbocycles. The van der Waals surface area contributed by atoms with Crippen LogP contribution in [0.4, 0.5) is 0 Å². The Hall–Kier alpha value is -2.86. The maximum absolute atomic E-state index is 13.3. The van der Waals surface area contributed by atoms with Gasteiger partial charge in [0.25, 0.3) is 0 Å². The first-order valence-corrected chi connectivity index (χ1v) is 11.4. The first-order valence-electron chi connectivity index (χ1n) is 11.4. The highest BCUT2D eigenvalue weighted by molar-refractivity contribution is 5.80. The summed E-state index contributed by atoms with van der Waals surface area (Å²) in [5.41, 5.74) is 4.67. The van der Waals surface area contributed by atoms with E-state index in [9.17, 15) is 9.59 Å². The number of imidazole rings is 1. The number of amides is 1. The molecule has 1 atom stereocenters. The summed E-state index contributed by atoms with van der Waals surface area (Å²) in [7, 11) is 1.60. The number of benzene rings is 2. The van der Waals surface area contributed by atoms with Gasteiger partial charge in [0.2, 0.25) is 5.91 Å². The van der Waals surface area contributed by atoms with Crippen molar-refractivity contribution in [2.24, 2.45) is 0 Å². The van der Waals surface area contributed by atoms with Crippen molar-refractivity contribution in [1.29, 1.82) is 0 Å². The smallest absolute Gasteiger partial charge is 0.329 e. The first kappa shape index (κ1) is 20.1. The van der Waals surface area contributed by atoms with Crippen LogP contribution >= 0.6 is 0 Å². The fourth-order valence-electron chi connectivity index (χ4n) is 5.52. The van der Waals surface area contributed by atoms with Crippen LogP contribution in [-0.4, -0.2) is 40.1 Å². The lowest BCUT2D eigenvalue weighted by molar-refractivity contribution is -0.121. The molecule has 5 rings (SSSR count). The molecule has 1 amide bonds. The molecule has 0 spiro atoms. The Morgan fingerprint density at radius 2 is 1.71 bits per heavy atom. The second-order valence-electron chi connectivity index (χ2n) is 8.77. The molecule has 2 aliphatic rings. The van der Waals surface area contributed by atoms with Crippen LogP contribution in [0, 0.1) is 0 Å². The van der Waals surface area contributed by atoms with Crippen molar-refractivity contribution < 1.29 is 4.79 Å². The van der Waals surface area contributed by atoms with E-state index in [1.54, 1.807) is 11.6 Å². The summed E-state index contributed by atoms with van der Waals surface area (Å²) in [6.07, 6.45) is 5.55. The number of nitrogens with zero attached hydrogens (tertiary/aromatic N) is 3. The molecular formula is C25H30N4O2. The van der Waals surface area contributed by atoms with E-state index < -0.39 is 0 Å². The third-order valence-electron chi connectivity index (χ3n) is 7.09. The summed E-state index contributed by atoms with van der Waals surface area (Å²) in [6, 6.07) is 17.4. The van der Waals surface area contributed by atoms with Crippen LogP contribution < -0.4 is 11.0 Å². The van der Waals surface area contributed by atoms with Gasteiger partial charge in [0, 0.05) is 32.2 Å². The van der Waals surface area contributed by atoms with E-state index in [0.717, 1.165) is 37.0 Å². The van der Waals surface area contributed by atoms with Gasteiger partial charge in [-0.1, -0.05) is 36.4 Å². The van der Waals surface area contributed by atoms with Gasteiger partial charge in [-0.25, -0.2) is 4.79 Å². The predicted molar refractivity (Wildman–Crippen MR) is 122 cm³/mol. The van der Waals surface area contributed by atoms with Crippen LogP contribution in [0.1, 0.15) is 48.9 Å². The number of para-hydroxylation sites is 2. The van der Waals surface area contributed by atoms with Crippen LogP contribution in [0.2, 0.25) is 0 Å². The van der Waals surface area contributed by atoms with E-state index in [2.05, 4.69) is 34.5 Å². The Kier molecular flexibility index (Phi) is 5.40. The third kappa shape index (κ3) is 3.59. The zero-order valence-corrected chi connectivity index (χ0v) is 18.1. The third-order valence-corrected chi connectivity index (χ3v) is 7.09. The van der Waals surface area contributed by atoms with Gasteiger partial charge in [-0.05, 0) is 55.4 Å². The normalized spacial score (nSPS) is 20.0. The number of likely N-dealkylation sites (tertiary alicyclic amines) is 1. The highest BCUT2D eigenvalue weighted by atomic mass is 16.2. The molecule has 3 aromatic rings. The number of likely N-dealkylation sites (N-methyl/N-ethyl adjacent to an activating group) is 1. The number of hydrogen-bond acceptors (Lipinski definition) is 3.